The zero-order chi connectivity index (χ0) is 18.2. The van der Waals surface area contributed by atoms with Crippen molar-refractivity contribution in [1.29, 1.82) is 0 Å². The van der Waals surface area contributed by atoms with Gasteiger partial charge in [0.15, 0.2) is 0 Å². The van der Waals surface area contributed by atoms with Crippen molar-refractivity contribution in [3.8, 4) is 22.3 Å². The second kappa shape index (κ2) is 6.48. The molecule has 0 aliphatic heterocycles. The van der Waals surface area contributed by atoms with Crippen LogP contribution >= 0.6 is 7.60 Å². The zero-order valence-electron chi connectivity index (χ0n) is 12.7. The molecule has 3 aromatic rings. The van der Waals surface area contributed by atoms with Crippen molar-refractivity contribution in [3.05, 3.63) is 78.1 Å². The van der Waals surface area contributed by atoms with Crippen LogP contribution in [-0.4, -0.2) is 9.79 Å². The van der Waals surface area contributed by atoms with E-state index in [-0.39, 0.29) is 16.7 Å². The van der Waals surface area contributed by atoms with E-state index in [0.717, 1.165) is 18.2 Å². The van der Waals surface area contributed by atoms with Crippen LogP contribution < -0.4 is 5.30 Å². The van der Waals surface area contributed by atoms with E-state index in [1.54, 1.807) is 0 Å². The third-order valence-corrected chi connectivity index (χ3v) is 4.72. The molecule has 2 N–H and O–H groups in total. The molecule has 0 spiro atoms. The van der Waals surface area contributed by atoms with Gasteiger partial charge in [0.25, 0.3) is 0 Å². The van der Waals surface area contributed by atoms with Gasteiger partial charge in [0.2, 0.25) is 0 Å². The first-order valence-electron chi connectivity index (χ1n) is 7.19. The lowest BCUT2D eigenvalue weighted by atomic mass is 9.93. The summed E-state index contributed by atoms with van der Waals surface area (Å²) < 4.78 is 54.8. The van der Waals surface area contributed by atoms with Crippen LogP contribution in [0.4, 0.5) is 13.2 Å². The molecule has 0 heterocycles. The fraction of sp³-hybridized carbons (Fsp3) is 0. The van der Waals surface area contributed by atoms with E-state index >= 15 is 0 Å². The third kappa shape index (κ3) is 3.24. The summed E-state index contributed by atoms with van der Waals surface area (Å²) in [5, 5.41) is -0.870. The van der Waals surface area contributed by atoms with Crippen molar-refractivity contribution in [2.45, 2.75) is 0 Å². The summed E-state index contributed by atoms with van der Waals surface area (Å²) in [4.78, 5) is 18.7. The highest BCUT2D eigenvalue weighted by Crippen LogP contribution is 2.41. The van der Waals surface area contributed by atoms with Crippen LogP contribution in [0.3, 0.4) is 0 Å². The van der Waals surface area contributed by atoms with E-state index in [4.69, 9.17) is 0 Å². The minimum atomic E-state index is -4.93. The highest BCUT2D eigenvalue weighted by molar-refractivity contribution is 7.60. The summed E-state index contributed by atoms with van der Waals surface area (Å²) >= 11 is 0. The van der Waals surface area contributed by atoms with Crippen molar-refractivity contribution in [1.82, 2.24) is 0 Å². The number of hydrogen-bond donors (Lipinski definition) is 2. The maximum atomic E-state index is 14.9. The van der Waals surface area contributed by atoms with E-state index in [2.05, 4.69) is 0 Å². The Labute approximate surface area is 141 Å². The van der Waals surface area contributed by atoms with E-state index in [1.807, 2.05) is 0 Å². The van der Waals surface area contributed by atoms with Gasteiger partial charge in [-0.05, 0) is 23.8 Å². The fourth-order valence-electron chi connectivity index (χ4n) is 2.62. The Kier molecular flexibility index (Phi) is 4.52. The van der Waals surface area contributed by atoms with Crippen molar-refractivity contribution >= 4 is 12.9 Å². The molecular formula is C18H12F3O3P. The van der Waals surface area contributed by atoms with Gasteiger partial charge >= 0.3 is 7.60 Å². The summed E-state index contributed by atoms with van der Waals surface area (Å²) in [7, 11) is -4.93. The maximum Gasteiger partial charge on any atom is 0.359 e. The Morgan fingerprint density at radius 1 is 0.680 bits per heavy atom. The number of benzene rings is 3. The van der Waals surface area contributed by atoms with Crippen LogP contribution in [-0.2, 0) is 4.57 Å². The molecule has 0 fully saturated rings. The topological polar surface area (TPSA) is 57.5 Å². The van der Waals surface area contributed by atoms with Crippen molar-refractivity contribution in [3.63, 3.8) is 0 Å². The van der Waals surface area contributed by atoms with Crippen molar-refractivity contribution in [2.75, 3.05) is 0 Å². The Bertz CT molecular complexity index is 999. The molecule has 3 nitrogen and oxygen atoms in total. The molecule has 0 saturated heterocycles. The third-order valence-electron chi connectivity index (χ3n) is 3.74. The van der Waals surface area contributed by atoms with Crippen LogP contribution in [0.5, 0.6) is 0 Å². The molecule has 0 unspecified atom stereocenters. The first-order valence-corrected chi connectivity index (χ1v) is 8.80. The standard InChI is InChI=1S/C18H12F3O3P/c19-14-7-3-1-5-11(14)12-9-10-16(25(22,23)24)18(21)17(12)13-6-2-4-8-15(13)20/h1-10H,(H2,22,23,24). The van der Waals surface area contributed by atoms with Gasteiger partial charge in [-0.2, -0.15) is 0 Å². The molecule has 3 rings (SSSR count). The summed E-state index contributed by atoms with van der Waals surface area (Å²) in [5.41, 5.74) is -0.618. The van der Waals surface area contributed by atoms with E-state index in [1.165, 1.54) is 42.5 Å². The molecule has 3 aromatic carbocycles. The van der Waals surface area contributed by atoms with E-state index < -0.39 is 35.9 Å². The molecule has 7 heteroatoms. The van der Waals surface area contributed by atoms with Gasteiger partial charge in [0, 0.05) is 16.7 Å². The Hall–Kier alpha value is -2.40. The summed E-state index contributed by atoms with van der Waals surface area (Å²) in [6.45, 7) is 0. The molecule has 0 saturated carbocycles. The molecule has 0 aromatic heterocycles. The number of rotatable bonds is 3. The van der Waals surface area contributed by atoms with Crippen molar-refractivity contribution < 1.29 is 27.5 Å². The van der Waals surface area contributed by atoms with Gasteiger partial charge in [-0.25, -0.2) is 13.2 Å². The van der Waals surface area contributed by atoms with Gasteiger partial charge in [0.1, 0.15) is 22.8 Å². The van der Waals surface area contributed by atoms with Gasteiger partial charge in [-0.15, -0.1) is 0 Å². The van der Waals surface area contributed by atoms with Gasteiger partial charge in [-0.1, -0.05) is 42.5 Å². The first-order chi connectivity index (χ1) is 11.8. The molecule has 0 aliphatic carbocycles. The quantitative estimate of drug-likeness (QED) is 0.684. The molecular weight excluding hydrogens is 352 g/mol. The van der Waals surface area contributed by atoms with Crippen LogP contribution in [0.2, 0.25) is 0 Å². The fourth-order valence-corrected chi connectivity index (χ4v) is 3.26. The number of halogens is 3. The lowest BCUT2D eigenvalue weighted by molar-refractivity contribution is 0.385. The predicted molar refractivity (Wildman–Crippen MR) is 88.9 cm³/mol. The molecule has 0 bridgehead atoms. The normalized spacial score (nSPS) is 11.6. The summed E-state index contributed by atoms with van der Waals surface area (Å²) in [5.74, 6) is -2.73. The van der Waals surface area contributed by atoms with Gasteiger partial charge < -0.3 is 9.79 Å². The largest absolute Gasteiger partial charge is 0.359 e. The van der Waals surface area contributed by atoms with Crippen LogP contribution in [0.15, 0.2) is 60.7 Å². The second-order valence-corrected chi connectivity index (χ2v) is 6.89. The lowest BCUT2D eigenvalue weighted by Gasteiger charge is -2.16. The summed E-state index contributed by atoms with van der Waals surface area (Å²) in [6.07, 6.45) is 0. The Morgan fingerprint density at radius 3 is 1.72 bits per heavy atom. The molecule has 128 valence electrons. The first kappa shape index (κ1) is 17.4. The van der Waals surface area contributed by atoms with E-state index in [9.17, 15) is 27.5 Å². The monoisotopic (exact) mass is 364 g/mol. The van der Waals surface area contributed by atoms with Crippen molar-refractivity contribution in [2.24, 2.45) is 0 Å². The molecule has 25 heavy (non-hydrogen) atoms. The predicted octanol–water partition coefficient (Wildman–Crippen LogP) is 4.24. The summed E-state index contributed by atoms with van der Waals surface area (Å²) in [6, 6.07) is 12.8. The molecule has 0 radical (unpaired) electrons. The second-order valence-electron chi connectivity index (χ2n) is 5.32. The lowest BCUT2D eigenvalue weighted by Crippen LogP contribution is -2.12. The average Bonchev–Trinajstić information content (AvgIpc) is 2.55. The highest BCUT2D eigenvalue weighted by Gasteiger charge is 2.28. The zero-order valence-corrected chi connectivity index (χ0v) is 13.6. The van der Waals surface area contributed by atoms with Crippen LogP contribution in [0.1, 0.15) is 0 Å². The van der Waals surface area contributed by atoms with Gasteiger partial charge in [0.05, 0.1) is 0 Å². The average molecular weight is 364 g/mol. The maximum absolute atomic E-state index is 14.9. The highest BCUT2D eigenvalue weighted by atomic mass is 31.2. The molecule has 0 atom stereocenters. The van der Waals surface area contributed by atoms with Crippen LogP contribution in [0.25, 0.3) is 22.3 Å². The van der Waals surface area contributed by atoms with E-state index in [0.29, 0.717) is 0 Å². The number of hydrogen-bond acceptors (Lipinski definition) is 1. The SMILES string of the molecule is O=P(O)(O)c1ccc(-c2ccccc2F)c(-c2ccccc2F)c1F. The Morgan fingerprint density at radius 2 is 1.20 bits per heavy atom. The minimum absolute atomic E-state index is 0.00194. The Balaban J connectivity index is 2.42. The van der Waals surface area contributed by atoms with Crippen LogP contribution in [0, 0.1) is 17.5 Å². The van der Waals surface area contributed by atoms with Gasteiger partial charge in [-0.3, -0.25) is 4.57 Å². The molecule has 0 aliphatic rings. The molecule has 0 amide bonds. The minimum Gasteiger partial charge on any atom is -0.321 e. The smallest absolute Gasteiger partial charge is 0.321 e.